The number of carbonyl (C=O) groups excluding carboxylic acids is 2. The predicted octanol–water partition coefficient (Wildman–Crippen LogP) is 2.45. The third kappa shape index (κ3) is 5.89. The van der Waals surface area contributed by atoms with Gasteiger partial charge in [0.1, 0.15) is 5.69 Å². The lowest BCUT2D eigenvalue weighted by molar-refractivity contribution is 0.0228. The van der Waals surface area contributed by atoms with E-state index >= 15 is 0 Å². The second kappa shape index (κ2) is 10.5. The van der Waals surface area contributed by atoms with Crippen molar-refractivity contribution in [2.24, 2.45) is 0 Å². The van der Waals surface area contributed by atoms with Gasteiger partial charge in [0.15, 0.2) is 0 Å². The third-order valence-corrected chi connectivity index (χ3v) is 5.56. The molecule has 166 valence electrons. The van der Waals surface area contributed by atoms with E-state index in [0.717, 1.165) is 38.4 Å². The van der Waals surface area contributed by atoms with Crippen LogP contribution in [0.4, 0.5) is 0 Å². The first kappa shape index (κ1) is 22.9. The van der Waals surface area contributed by atoms with E-state index in [2.05, 4.69) is 16.8 Å². The Morgan fingerprint density at radius 3 is 2.35 bits per heavy atom. The summed E-state index contributed by atoms with van der Waals surface area (Å²) in [4.78, 5) is 36.0. The zero-order valence-corrected chi connectivity index (χ0v) is 18.9. The summed E-state index contributed by atoms with van der Waals surface area (Å²) >= 11 is 0. The quantitative estimate of drug-likeness (QED) is 0.683. The molecule has 0 radical (unpaired) electrons. The van der Waals surface area contributed by atoms with E-state index in [0.29, 0.717) is 23.5 Å². The molecule has 2 amide bonds. The van der Waals surface area contributed by atoms with Gasteiger partial charge in [-0.2, -0.15) is 0 Å². The third-order valence-electron chi connectivity index (χ3n) is 5.56. The summed E-state index contributed by atoms with van der Waals surface area (Å²) in [5, 5.41) is 0. The Bertz CT molecular complexity index is 895. The molecule has 1 aliphatic rings. The highest BCUT2D eigenvalue weighted by molar-refractivity contribution is 5.97. The van der Waals surface area contributed by atoms with Crippen LogP contribution in [0, 0.1) is 6.92 Å². The summed E-state index contributed by atoms with van der Waals surface area (Å²) in [6.07, 6.45) is 0. The predicted molar refractivity (Wildman–Crippen MR) is 120 cm³/mol. The van der Waals surface area contributed by atoms with Gasteiger partial charge in [-0.05, 0) is 31.5 Å². The maximum atomic E-state index is 13.6. The van der Waals surface area contributed by atoms with Gasteiger partial charge in [0, 0.05) is 46.3 Å². The fourth-order valence-electron chi connectivity index (χ4n) is 3.75. The molecule has 1 aromatic heterocycles. The van der Waals surface area contributed by atoms with Crippen LogP contribution in [-0.2, 0) is 11.3 Å². The van der Waals surface area contributed by atoms with Crippen LogP contribution in [0.5, 0.6) is 0 Å². The molecule has 0 saturated carbocycles. The Labute approximate surface area is 184 Å². The highest BCUT2D eigenvalue weighted by Crippen LogP contribution is 2.18. The number of morpholine rings is 1. The lowest BCUT2D eigenvalue weighted by atomic mass is 10.1. The minimum absolute atomic E-state index is 0.00768. The van der Waals surface area contributed by atoms with E-state index in [1.165, 1.54) is 4.90 Å². The average molecular weight is 425 g/mol. The van der Waals surface area contributed by atoms with Crippen LogP contribution in [0.2, 0.25) is 0 Å². The molecule has 1 aromatic carbocycles. The largest absolute Gasteiger partial charge is 0.379 e. The number of rotatable bonds is 7. The topological polar surface area (TPSA) is 66.0 Å². The van der Waals surface area contributed by atoms with Crippen molar-refractivity contribution in [3.8, 4) is 0 Å². The zero-order chi connectivity index (χ0) is 22.4. The number of hydrogen-bond donors (Lipinski definition) is 0. The van der Waals surface area contributed by atoms with E-state index in [1.54, 1.807) is 33.2 Å². The standard InChI is InChI=1S/C24H32N4O3/c1-18(16-27-12-14-31-15-13-27)28(17-20-8-6-5-7-9-20)23(29)21-10-11-22(25-19(21)2)24(30)26(3)4/h5-11,18H,12-17H2,1-4H3. The molecular formula is C24H32N4O3. The molecule has 1 atom stereocenters. The molecule has 0 N–H and O–H groups in total. The number of pyridine rings is 1. The molecule has 0 spiro atoms. The van der Waals surface area contributed by atoms with E-state index in [9.17, 15) is 9.59 Å². The van der Waals surface area contributed by atoms with E-state index in [4.69, 9.17) is 4.74 Å². The average Bonchev–Trinajstić information content (AvgIpc) is 2.77. The first-order valence-electron chi connectivity index (χ1n) is 10.7. The van der Waals surface area contributed by atoms with Crippen LogP contribution in [0.25, 0.3) is 0 Å². The lowest BCUT2D eigenvalue weighted by Crippen LogP contribution is -2.48. The van der Waals surface area contributed by atoms with Crippen LogP contribution in [0.15, 0.2) is 42.5 Å². The number of carbonyl (C=O) groups is 2. The molecule has 3 rings (SSSR count). The van der Waals surface area contributed by atoms with Crippen molar-refractivity contribution in [3.63, 3.8) is 0 Å². The number of aromatic nitrogens is 1. The van der Waals surface area contributed by atoms with Gasteiger partial charge in [-0.25, -0.2) is 4.98 Å². The number of hydrogen-bond acceptors (Lipinski definition) is 5. The summed E-state index contributed by atoms with van der Waals surface area (Å²) < 4.78 is 5.46. The summed E-state index contributed by atoms with van der Waals surface area (Å²) in [7, 11) is 3.38. The molecule has 0 aliphatic carbocycles. The molecule has 1 saturated heterocycles. The SMILES string of the molecule is Cc1nc(C(=O)N(C)C)ccc1C(=O)N(Cc1ccccc1)C(C)CN1CCOCC1. The molecule has 1 aliphatic heterocycles. The summed E-state index contributed by atoms with van der Waals surface area (Å²) in [6, 6.07) is 13.4. The Hall–Kier alpha value is -2.77. The van der Waals surface area contributed by atoms with Crippen molar-refractivity contribution < 1.29 is 14.3 Å². The van der Waals surface area contributed by atoms with Crippen molar-refractivity contribution in [2.45, 2.75) is 26.4 Å². The van der Waals surface area contributed by atoms with E-state index in [1.807, 2.05) is 35.2 Å². The smallest absolute Gasteiger partial charge is 0.271 e. The van der Waals surface area contributed by atoms with Crippen molar-refractivity contribution in [3.05, 3.63) is 65.0 Å². The molecule has 31 heavy (non-hydrogen) atoms. The van der Waals surface area contributed by atoms with Gasteiger partial charge in [0.2, 0.25) is 0 Å². The summed E-state index contributed by atoms with van der Waals surface area (Å²) in [5.41, 5.74) is 2.51. The van der Waals surface area contributed by atoms with Crippen molar-refractivity contribution >= 4 is 11.8 Å². The van der Waals surface area contributed by atoms with Gasteiger partial charge >= 0.3 is 0 Å². The second-order valence-corrected chi connectivity index (χ2v) is 8.21. The van der Waals surface area contributed by atoms with Crippen molar-refractivity contribution in [1.29, 1.82) is 0 Å². The maximum Gasteiger partial charge on any atom is 0.271 e. The van der Waals surface area contributed by atoms with Crippen LogP contribution in [-0.4, -0.2) is 84.5 Å². The second-order valence-electron chi connectivity index (χ2n) is 8.21. The van der Waals surface area contributed by atoms with Gasteiger partial charge in [-0.3, -0.25) is 14.5 Å². The Morgan fingerprint density at radius 2 is 1.74 bits per heavy atom. The Kier molecular flexibility index (Phi) is 7.76. The molecule has 2 heterocycles. The molecule has 7 heteroatoms. The van der Waals surface area contributed by atoms with Gasteiger partial charge in [-0.1, -0.05) is 30.3 Å². The molecule has 7 nitrogen and oxygen atoms in total. The zero-order valence-electron chi connectivity index (χ0n) is 18.9. The van der Waals surface area contributed by atoms with E-state index < -0.39 is 0 Å². The normalized spacial score (nSPS) is 15.4. The number of nitrogens with zero attached hydrogens (tertiary/aromatic N) is 4. The highest BCUT2D eigenvalue weighted by atomic mass is 16.5. The number of ether oxygens (including phenoxy) is 1. The molecular weight excluding hydrogens is 392 g/mol. The van der Waals surface area contributed by atoms with Crippen LogP contribution in [0.3, 0.4) is 0 Å². The minimum Gasteiger partial charge on any atom is -0.379 e. The maximum absolute atomic E-state index is 13.6. The van der Waals surface area contributed by atoms with E-state index in [-0.39, 0.29) is 17.9 Å². The van der Waals surface area contributed by atoms with Crippen LogP contribution in [0.1, 0.15) is 39.0 Å². The lowest BCUT2D eigenvalue weighted by Gasteiger charge is -2.35. The van der Waals surface area contributed by atoms with Crippen molar-refractivity contribution in [2.75, 3.05) is 46.9 Å². The van der Waals surface area contributed by atoms with Crippen molar-refractivity contribution in [1.82, 2.24) is 19.7 Å². The number of benzene rings is 1. The van der Waals surface area contributed by atoms with Gasteiger partial charge < -0.3 is 14.5 Å². The van der Waals surface area contributed by atoms with Gasteiger partial charge in [0.25, 0.3) is 11.8 Å². The minimum atomic E-state index is -0.177. The highest BCUT2D eigenvalue weighted by Gasteiger charge is 2.26. The molecule has 0 bridgehead atoms. The molecule has 2 aromatic rings. The fraction of sp³-hybridized carbons (Fsp3) is 0.458. The monoisotopic (exact) mass is 424 g/mol. The first-order chi connectivity index (χ1) is 14.9. The summed E-state index contributed by atoms with van der Waals surface area (Å²) in [5.74, 6) is -0.248. The number of aryl methyl sites for hydroxylation is 1. The van der Waals surface area contributed by atoms with Gasteiger partial charge in [-0.15, -0.1) is 0 Å². The van der Waals surface area contributed by atoms with Gasteiger partial charge in [0.05, 0.1) is 24.5 Å². The molecule has 1 fully saturated rings. The Morgan fingerprint density at radius 1 is 1.06 bits per heavy atom. The summed E-state index contributed by atoms with van der Waals surface area (Å²) in [6.45, 7) is 8.37. The number of amides is 2. The fourth-order valence-corrected chi connectivity index (χ4v) is 3.75. The molecule has 1 unspecified atom stereocenters. The van der Waals surface area contributed by atoms with Crippen LogP contribution < -0.4 is 0 Å². The Balaban J connectivity index is 1.85. The first-order valence-corrected chi connectivity index (χ1v) is 10.7. The van der Waals surface area contributed by atoms with Crippen LogP contribution >= 0.6 is 0 Å².